The first-order valence-electron chi connectivity index (χ1n) is 5.85. The highest BCUT2D eigenvalue weighted by atomic mass is 79.9. The fourth-order valence-electron chi connectivity index (χ4n) is 1.64. The lowest BCUT2D eigenvalue weighted by atomic mass is 10.1. The fraction of sp³-hybridized carbons (Fsp3) is 0.133. The number of halogens is 2. The summed E-state index contributed by atoms with van der Waals surface area (Å²) < 4.78 is 6.88. The van der Waals surface area contributed by atoms with Gasteiger partial charge in [0.15, 0.2) is 5.75 Å². The summed E-state index contributed by atoms with van der Waals surface area (Å²) in [5, 5.41) is 0. The lowest BCUT2D eigenvalue weighted by Gasteiger charge is -2.08. The minimum Gasteiger partial charge on any atom is -0.424 e. The van der Waals surface area contributed by atoms with E-state index in [-0.39, 0.29) is 5.97 Å². The molecule has 0 fully saturated rings. The number of carbonyl (C=O) groups excluding carboxylic acids is 1. The third-order valence-electron chi connectivity index (χ3n) is 2.60. The summed E-state index contributed by atoms with van der Waals surface area (Å²) in [4.78, 5) is 11.8. The molecular weight excluding hydrogens is 372 g/mol. The van der Waals surface area contributed by atoms with Crippen molar-refractivity contribution in [1.82, 2.24) is 0 Å². The lowest BCUT2D eigenvalue weighted by Crippen LogP contribution is -2.09. The smallest absolute Gasteiger partial charge is 0.311 e. The molecule has 2 aromatic rings. The van der Waals surface area contributed by atoms with Gasteiger partial charge in [-0.3, -0.25) is 4.79 Å². The molecule has 2 rings (SSSR count). The first-order chi connectivity index (χ1) is 9.16. The Balaban J connectivity index is 1.95. The third-order valence-corrected chi connectivity index (χ3v) is 3.84. The van der Waals surface area contributed by atoms with Crippen molar-refractivity contribution in [2.75, 3.05) is 0 Å². The predicted molar refractivity (Wildman–Crippen MR) is 82.2 cm³/mol. The first kappa shape index (κ1) is 14.3. The number of carbonyl (C=O) groups is 1. The molecule has 0 aromatic heterocycles. The summed E-state index contributed by atoms with van der Waals surface area (Å²) in [6.45, 7) is 0. The maximum Gasteiger partial charge on any atom is 0.311 e. The Bertz CT molecular complexity index is 547. The highest BCUT2D eigenvalue weighted by molar-refractivity contribution is 9.11. The van der Waals surface area contributed by atoms with Gasteiger partial charge in [0.25, 0.3) is 0 Å². The van der Waals surface area contributed by atoms with Crippen LogP contribution < -0.4 is 4.74 Å². The first-order valence-corrected chi connectivity index (χ1v) is 7.44. The molecule has 0 radical (unpaired) electrons. The van der Waals surface area contributed by atoms with E-state index in [0.29, 0.717) is 18.6 Å². The molecule has 19 heavy (non-hydrogen) atoms. The maximum absolute atomic E-state index is 11.8. The van der Waals surface area contributed by atoms with Crippen LogP contribution in [0.15, 0.2) is 57.5 Å². The molecule has 2 nitrogen and oxygen atoms in total. The highest BCUT2D eigenvalue weighted by Crippen LogP contribution is 2.33. The average molecular weight is 384 g/mol. The number of aryl methyl sites for hydroxylation is 1. The second-order valence-electron chi connectivity index (χ2n) is 4.01. The summed E-state index contributed by atoms with van der Waals surface area (Å²) in [6, 6.07) is 15.4. The van der Waals surface area contributed by atoms with Gasteiger partial charge in [-0.05, 0) is 56.0 Å². The molecule has 0 unspecified atom stereocenters. The molecule has 0 N–H and O–H groups in total. The van der Waals surface area contributed by atoms with E-state index < -0.39 is 0 Å². The minimum atomic E-state index is -0.239. The Kier molecular flexibility index (Phi) is 5.16. The average Bonchev–Trinajstić information content (AvgIpc) is 2.42. The van der Waals surface area contributed by atoms with Gasteiger partial charge in [0, 0.05) is 6.42 Å². The van der Waals surface area contributed by atoms with Crippen LogP contribution in [0.5, 0.6) is 5.75 Å². The molecule has 98 valence electrons. The van der Waals surface area contributed by atoms with Gasteiger partial charge in [-0.1, -0.05) is 36.4 Å². The van der Waals surface area contributed by atoms with Gasteiger partial charge < -0.3 is 4.74 Å². The molecule has 0 heterocycles. The lowest BCUT2D eigenvalue weighted by molar-refractivity contribution is -0.134. The molecule has 0 atom stereocenters. The van der Waals surface area contributed by atoms with Crippen molar-refractivity contribution < 1.29 is 9.53 Å². The number of benzene rings is 2. The molecule has 0 bridgehead atoms. The van der Waals surface area contributed by atoms with Crippen LogP contribution in [0.4, 0.5) is 0 Å². The molecule has 0 aliphatic rings. The van der Waals surface area contributed by atoms with Crippen molar-refractivity contribution in [3.05, 3.63) is 63.0 Å². The number of rotatable bonds is 4. The Morgan fingerprint density at radius 2 is 1.58 bits per heavy atom. The fourth-order valence-corrected chi connectivity index (χ4v) is 2.80. The Morgan fingerprint density at radius 3 is 2.21 bits per heavy atom. The van der Waals surface area contributed by atoms with E-state index in [1.165, 1.54) is 0 Å². The molecule has 0 spiro atoms. The number of ether oxygens (including phenoxy) is 1. The summed E-state index contributed by atoms with van der Waals surface area (Å²) in [5.74, 6) is 0.289. The van der Waals surface area contributed by atoms with Gasteiger partial charge >= 0.3 is 5.97 Å². The van der Waals surface area contributed by atoms with Gasteiger partial charge in [-0.25, -0.2) is 0 Å². The van der Waals surface area contributed by atoms with Gasteiger partial charge in [0.1, 0.15) is 0 Å². The molecule has 0 aliphatic heterocycles. The van der Waals surface area contributed by atoms with E-state index in [9.17, 15) is 4.79 Å². The van der Waals surface area contributed by atoms with Crippen LogP contribution in [-0.2, 0) is 11.2 Å². The van der Waals surface area contributed by atoms with Gasteiger partial charge in [0.2, 0.25) is 0 Å². The van der Waals surface area contributed by atoms with Gasteiger partial charge in [0.05, 0.1) is 8.95 Å². The second-order valence-corrected chi connectivity index (χ2v) is 5.72. The van der Waals surface area contributed by atoms with Crippen molar-refractivity contribution in [2.45, 2.75) is 12.8 Å². The zero-order valence-corrected chi connectivity index (χ0v) is 13.3. The van der Waals surface area contributed by atoms with E-state index in [4.69, 9.17) is 4.74 Å². The van der Waals surface area contributed by atoms with E-state index >= 15 is 0 Å². The quantitative estimate of drug-likeness (QED) is 0.562. The summed E-state index contributed by atoms with van der Waals surface area (Å²) >= 11 is 6.73. The van der Waals surface area contributed by atoms with E-state index in [2.05, 4.69) is 31.9 Å². The Hall–Kier alpha value is -1.13. The Labute approximate surface area is 129 Å². The zero-order valence-electron chi connectivity index (χ0n) is 10.1. The zero-order chi connectivity index (χ0) is 13.7. The highest BCUT2D eigenvalue weighted by Gasteiger charge is 2.11. The van der Waals surface area contributed by atoms with Crippen LogP contribution in [0, 0.1) is 0 Å². The summed E-state index contributed by atoms with van der Waals surface area (Å²) in [5.41, 5.74) is 1.13. The van der Waals surface area contributed by atoms with Crippen molar-refractivity contribution in [3.63, 3.8) is 0 Å². The molecule has 4 heteroatoms. The predicted octanol–water partition coefficient (Wildman–Crippen LogP) is 4.75. The third kappa shape index (κ3) is 4.18. The SMILES string of the molecule is O=C(CCc1ccccc1)Oc1c(Br)cccc1Br. The number of hydrogen-bond donors (Lipinski definition) is 0. The van der Waals surface area contributed by atoms with Crippen LogP contribution in [-0.4, -0.2) is 5.97 Å². The van der Waals surface area contributed by atoms with Crippen LogP contribution in [0.25, 0.3) is 0 Å². The largest absolute Gasteiger partial charge is 0.424 e. The van der Waals surface area contributed by atoms with Gasteiger partial charge in [-0.15, -0.1) is 0 Å². The maximum atomic E-state index is 11.8. The van der Waals surface area contributed by atoms with Crippen molar-refractivity contribution in [1.29, 1.82) is 0 Å². The standard InChI is InChI=1S/C15H12Br2O2/c16-12-7-4-8-13(17)15(12)19-14(18)10-9-11-5-2-1-3-6-11/h1-8H,9-10H2. The van der Waals surface area contributed by atoms with Crippen LogP contribution in [0.3, 0.4) is 0 Å². The number of hydrogen-bond acceptors (Lipinski definition) is 2. The molecule has 0 aliphatic carbocycles. The minimum absolute atomic E-state index is 0.239. The topological polar surface area (TPSA) is 26.3 Å². The summed E-state index contributed by atoms with van der Waals surface area (Å²) in [6.07, 6.45) is 1.04. The second kappa shape index (κ2) is 6.87. The van der Waals surface area contributed by atoms with E-state index in [1.54, 1.807) is 0 Å². The molecule has 0 amide bonds. The Morgan fingerprint density at radius 1 is 0.947 bits per heavy atom. The number of para-hydroxylation sites is 1. The van der Waals surface area contributed by atoms with Crippen molar-refractivity contribution in [2.24, 2.45) is 0 Å². The van der Waals surface area contributed by atoms with Crippen LogP contribution in [0.2, 0.25) is 0 Å². The van der Waals surface area contributed by atoms with Crippen molar-refractivity contribution in [3.8, 4) is 5.75 Å². The molecule has 0 saturated carbocycles. The molecule has 2 aromatic carbocycles. The molecule has 0 saturated heterocycles. The number of esters is 1. The van der Waals surface area contributed by atoms with Crippen molar-refractivity contribution >= 4 is 37.8 Å². The normalized spacial score (nSPS) is 10.2. The van der Waals surface area contributed by atoms with E-state index in [1.807, 2.05) is 48.5 Å². The van der Waals surface area contributed by atoms with Crippen LogP contribution in [0.1, 0.15) is 12.0 Å². The van der Waals surface area contributed by atoms with Crippen LogP contribution >= 0.6 is 31.9 Å². The molecular formula is C15H12Br2O2. The summed E-state index contributed by atoms with van der Waals surface area (Å²) in [7, 11) is 0. The van der Waals surface area contributed by atoms with E-state index in [0.717, 1.165) is 14.5 Å². The monoisotopic (exact) mass is 382 g/mol. The van der Waals surface area contributed by atoms with Gasteiger partial charge in [-0.2, -0.15) is 0 Å².